The van der Waals surface area contributed by atoms with Crippen LogP contribution < -0.4 is 5.44 Å². The van der Waals surface area contributed by atoms with Crippen LogP contribution in [0.1, 0.15) is 0 Å². The third-order valence-corrected chi connectivity index (χ3v) is 2.16. The van der Waals surface area contributed by atoms with Crippen LogP contribution in [0.3, 0.4) is 0 Å². The Morgan fingerprint density at radius 1 is 0.846 bits per heavy atom. The van der Waals surface area contributed by atoms with Gasteiger partial charge >= 0.3 is 0 Å². The second-order valence-corrected chi connectivity index (χ2v) is 3.41. The Labute approximate surface area is 80.0 Å². The first-order chi connectivity index (χ1) is 6.36. The monoisotopic (exact) mass is 187 g/mol. The van der Waals surface area contributed by atoms with Gasteiger partial charge in [0.15, 0.2) is 0 Å². The van der Waals surface area contributed by atoms with E-state index in [1.807, 2.05) is 36.4 Å². The van der Waals surface area contributed by atoms with Gasteiger partial charge in [-0.05, 0) is 12.1 Å². The standard InChI is InChI=1S/C11H10NP/c13-11-8-4-7-10(12-11)9-5-2-1-3-6-9/h1-8H,13H2. The molecule has 1 unspecified atom stereocenters. The zero-order chi connectivity index (χ0) is 9.10. The Morgan fingerprint density at radius 3 is 2.31 bits per heavy atom. The Morgan fingerprint density at radius 2 is 1.62 bits per heavy atom. The molecule has 2 heteroatoms. The van der Waals surface area contributed by atoms with Crippen LogP contribution in [0.2, 0.25) is 0 Å². The average molecular weight is 187 g/mol. The van der Waals surface area contributed by atoms with E-state index in [-0.39, 0.29) is 0 Å². The van der Waals surface area contributed by atoms with Gasteiger partial charge in [-0.15, -0.1) is 0 Å². The van der Waals surface area contributed by atoms with Crippen LogP contribution in [0.4, 0.5) is 0 Å². The number of rotatable bonds is 1. The molecular formula is C11H10NP. The molecule has 0 amide bonds. The Bertz CT molecular complexity index is 398. The van der Waals surface area contributed by atoms with Crippen molar-refractivity contribution >= 4 is 14.7 Å². The number of benzene rings is 1. The third kappa shape index (κ3) is 1.93. The minimum Gasteiger partial charge on any atom is -0.249 e. The van der Waals surface area contributed by atoms with Gasteiger partial charge in [0.1, 0.15) is 0 Å². The highest BCUT2D eigenvalue weighted by Gasteiger charge is 1.96. The van der Waals surface area contributed by atoms with E-state index in [4.69, 9.17) is 0 Å². The maximum Gasteiger partial charge on any atom is 0.0709 e. The molecule has 1 heterocycles. The minimum atomic E-state index is 0.973. The molecule has 0 aliphatic rings. The van der Waals surface area contributed by atoms with Crippen molar-refractivity contribution in [3.05, 3.63) is 48.5 Å². The van der Waals surface area contributed by atoms with E-state index in [1.54, 1.807) is 0 Å². The smallest absolute Gasteiger partial charge is 0.0709 e. The van der Waals surface area contributed by atoms with Gasteiger partial charge in [0.05, 0.1) is 11.1 Å². The lowest BCUT2D eigenvalue weighted by Gasteiger charge is -2.00. The van der Waals surface area contributed by atoms with Gasteiger partial charge in [0.2, 0.25) is 0 Å². The van der Waals surface area contributed by atoms with E-state index in [2.05, 4.69) is 26.4 Å². The molecule has 0 aliphatic heterocycles. The molecular weight excluding hydrogens is 177 g/mol. The number of aromatic nitrogens is 1. The van der Waals surface area contributed by atoms with Crippen molar-refractivity contribution in [2.75, 3.05) is 0 Å². The van der Waals surface area contributed by atoms with Crippen LogP contribution in [0.15, 0.2) is 48.5 Å². The topological polar surface area (TPSA) is 12.9 Å². The van der Waals surface area contributed by atoms with Gasteiger partial charge in [-0.25, -0.2) is 4.98 Å². The molecule has 0 aliphatic carbocycles. The molecule has 1 nitrogen and oxygen atoms in total. The normalized spacial score (nSPS) is 9.92. The minimum absolute atomic E-state index is 0.973. The summed E-state index contributed by atoms with van der Waals surface area (Å²) in [6.45, 7) is 0. The fourth-order valence-corrected chi connectivity index (χ4v) is 1.47. The summed E-state index contributed by atoms with van der Waals surface area (Å²) in [6, 6.07) is 16.2. The highest BCUT2D eigenvalue weighted by molar-refractivity contribution is 7.26. The van der Waals surface area contributed by atoms with Gasteiger partial charge in [0.25, 0.3) is 0 Å². The van der Waals surface area contributed by atoms with Crippen molar-refractivity contribution in [1.29, 1.82) is 0 Å². The maximum atomic E-state index is 4.41. The van der Waals surface area contributed by atoms with Gasteiger partial charge < -0.3 is 0 Å². The molecule has 0 radical (unpaired) electrons. The van der Waals surface area contributed by atoms with E-state index in [1.165, 1.54) is 0 Å². The lowest BCUT2D eigenvalue weighted by molar-refractivity contribution is 1.38. The average Bonchev–Trinajstić information content (AvgIpc) is 2.19. The summed E-state index contributed by atoms with van der Waals surface area (Å²) in [7, 11) is 2.60. The molecule has 2 rings (SSSR count). The van der Waals surface area contributed by atoms with Crippen LogP contribution in [0, 0.1) is 0 Å². The zero-order valence-electron chi connectivity index (χ0n) is 7.14. The largest absolute Gasteiger partial charge is 0.249 e. The van der Waals surface area contributed by atoms with E-state index >= 15 is 0 Å². The molecule has 0 fully saturated rings. The van der Waals surface area contributed by atoms with E-state index < -0.39 is 0 Å². The number of nitrogens with zero attached hydrogens (tertiary/aromatic N) is 1. The van der Waals surface area contributed by atoms with Gasteiger partial charge in [-0.3, -0.25) is 0 Å². The summed E-state index contributed by atoms with van der Waals surface area (Å²) in [6.07, 6.45) is 0. The molecule has 0 bridgehead atoms. The van der Waals surface area contributed by atoms with Crippen LogP contribution in [-0.2, 0) is 0 Å². The van der Waals surface area contributed by atoms with Gasteiger partial charge in [-0.1, -0.05) is 45.6 Å². The molecule has 1 aromatic heterocycles. The van der Waals surface area contributed by atoms with Crippen molar-refractivity contribution in [3.8, 4) is 11.3 Å². The SMILES string of the molecule is Pc1cccc(-c2ccccc2)n1. The van der Waals surface area contributed by atoms with E-state index in [0.717, 1.165) is 16.7 Å². The van der Waals surface area contributed by atoms with Crippen LogP contribution >= 0.6 is 9.24 Å². The molecule has 13 heavy (non-hydrogen) atoms. The summed E-state index contributed by atoms with van der Waals surface area (Å²) in [5.74, 6) is 0. The molecule has 0 spiro atoms. The number of hydrogen-bond acceptors (Lipinski definition) is 1. The third-order valence-electron chi connectivity index (χ3n) is 1.84. The van der Waals surface area contributed by atoms with Crippen molar-refractivity contribution < 1.29 is 0 Å². The predicted octanol–water partition coefficient (Wildman–Crippen LogP) is 2.25. The lowest BCUT2D eigenvalue weighted by atomic mass is 10.1. The first kappa shape index (κ1) is 8.40. The summed E-state index contributed by atoms with van der Waals surface area (Å²) in [4.78, 5) is 4.41. The quantitative estimate of drug-likeness (QED) is 0.624. The van der Waals surface area contributed by atoms with Crippen LogP contribution in [0.25, 0.3) is 11.3 Å². The number of pyridine rings is 1. The lowest BCUT2D eigenvalue weighted by Crippen LogP contribution is -1.97. The molecule has 0 saturated carbocycles. The van der Waals surface area contributed by atoms with E-state index in [0.29, 0.717) is 0 Å². The number of hydrogen-bond donors (Lipinski definition) is 0. The van der Waals surface area contributed by atoms with Crippen molar-refractivity contribution in [2.24, 2.45) is 0 Å². The molecule has 1 aromatic carbocycles. The molecule has 1 atom stereocenters. The summed E-state index contributed by atoms with van der Waals surface area (Å²) in [5, 5.41) is 0. The first-order valence-corrected chi connectivity index (χ1v) is 4.72. The highest BCUT2D eigenvalue weighted by atomic mass is 31.0. The first-order valence-electron chi connectivity index (χ1n) is 4.14. The summed E-state index contributed by atoms with van der Waals surface area (Å²) >= 11 is 0. The van der Waals surface area contributed by atoms with Crippen molar-refractivity contribution in [1.82, 2.24) is 4.98 Å². The summed E-state index contributed by atoms with van der Waals surface area (Å²) in [5.41, 5.74) is 3.15. The van der Waals surface area contributed by atoms with Gasteiger partial charge in [-0.2, -0.15) is 0 Å². The fraction of sp³-hybridized carbons (Fsp3) is 0. The summed E-state index contributed by atoms with van der Waals surface area (Å²) < 4.78 is 0. The van der Waals surface area contributed by atoms with Crippen molar-refractivity contribution in [3.63, 3.8) is 0 Å². The van der Waals surface area contributed by atoms with E-state index in [9.17, 15) is 0 Å². The maximum absolute atomic E-state index is 4.41. The Hall–Kier alpha value is -1.20. The van der Waals surface area contributed by atoms with Crippen LogP contribution in [0.5, 0.6) is 0 Å². The molecule has 2 aromatic rings. The molecule has 0 saturated heterocycles. The predicted molar refractivity (Wildman–Crippen MR) is 59.0 cm³/mol. The molecule has 64 valence electrons. The Kier molecular flexibility index (Phi) is 2.37. The fourth-order valence-electron chi connectivity index (χ4n) is 1.22. The van der Waals surface area contributed by atoms with Crippen molar-refractivity contribution in [2.45, 2.75) is 0 Å². The Balaban J connectivity index is 2.48. The zero-order valence-corrected chi connectivity index (χ0v) is 8.30. The van der Waals surface area contributed by atoms with Gasteiger partial charge in [0, 0.05) is 5.56 Å². The van der Waals surface area contributed by atoms with Crippen LogP contribution in [-0.4, -0.2) is 4.98 Å². The second kappa shape index (κ2) is 3.68. The second-order valence-electron chi connectivity index (χ2n) is 2.81. The molecule has 0 N–H and O–H groups in total. The highest BCUT2D eigenvalue weighted by Crippen LogP contribution is 2.14.